The van der Waals surface area contributed by atoms with Crippen LogP contribution in [-0.2, 0) is 0 Å². The fraction of sp³-hybridized carbons (Fsp3) is 1.00. The first-order chi connectivity index (χ1) is 12.0. The van der Waals surface area contributed by atoms with E-state index < -0.39 is 3.04 Å². The molecular weight excluding hydrogens is 2540 g/mol. The van der Waals surface area contributed by atoms with Crippen LogP contribution >= 0.6 is 429 Å². The second-order valence-corrected chi connectivity index (χ2v) is 58.4. The Hall–Kier alpha value is 13.8. The van der Waals surface area contributed by atoms with Crippen LogP contribution in [0.15, 0.2) is 0 Å². The summed E-state index contributed by atoms with van der Waals surface area (Å²) in [5.41, 5.74) is 0. The van der Waals surface area contributed by atoms with Gasteiger partial charge in [0.2, 0.25) is 0 Å². The minimum absolute atomic E-state index is 0.0284. The Morgan fingerprint density at radius 3 is 0.621 bits per heavy atom. The van der Waals surface area contributed by atoms with E-state index in [2.05, 4.69) is 429 Å². The molecule has 0 aromatic rings. The van der Waals surface area contributed by atoms with E-state index in [9.17, 15) is 5.11 Å². The van der Waals surface area contributed by atoms with Crippen molar-refractivity contribution in [1.29, 1.82) is 0 Å². The lowest BCUT2D eigenvalue weighted by atomic mass is 10.1. The van der Waals surface area contributed by atoms with Gasteiger partial charge in [-0.05, 0) is 45.2 Å². The Morgan fingerprint density at radius 2 is 0.448 bits per heavy atom. The van der Waals surface area contributed by atoms with Gasteiger partial charge in [0.25, 0.3) is 0 Å². The summed E-state index contributed by atoms with van der Waals surface area (Å²) in [4.78, 5) is 0. The Labute approximate surface area is 430 Å². The number of hydrogen-bond donors (Lipinski definition) is 1. The number of alkyl halides is 19. The van der Waals surface area contributed by atoms with E-state index in [1.165, 1.54) is 0 Å². The lowest BCUT2D eigenvalue weighted by Crippen LogP contribution is -2.68. The van der Waals surface area contributed by atoms with E-state index in [-0.39, 0.29) is 8.01 Å². The second-order valence-electron chi connectivity index (χ2n) is 5.06. The summed E-state index contributed by atoms with van der Waals surface area (Å²) in [5, 5.41) is 11.0. The summed E-state index contributed by atoms with van der Waals surface area (Å²) >= 11 is 48.8. The molecular formula is C9HI19O. The van der Waals surface area contributed by atoms with Crippen molar-refractivity contribution in [2.45, 2.75) is 11.0 Å². The van der Waals surface area contributed by atoms with E-state index in [1.807, 2.05) is 0 Å². The first-order valence-corrected chi connectivity index (χ1v) is 26.3. The Kier molecular flexibility index (Phi) is 22.4. The molecule has 0 fully saturated rings. The molecule has 0 aliphatic carbocycles. The molecule has 0 bridgehead atoms. The van der Waals surface area contributed by atoms with Gasteiger partial charge in [-0.25, -0.2) is 0 Å². The van der Waals surface area contributed by atoms with Crippen LogP contribution in [-0.4, -0.2) is 16.2 Å². The summed E-state index contributed by atoms with van der Waals surface area (Å²) in [5.74, 6) is 0. The normalized spacial score (nSPS) is 17.0. The molecule has 0 radical (unpaired) electrons. The van der Waals surface area contributed by atoms with E-state index in [0.29, 0.717) is 0 Å². The minimum atomic E-state index is -0.903. The smallest absolute Gasteiger partial charge is 0.192 e. The Morgan fingerprint density at radius 1 is 0.276 bits per heavy atom. The molecule has 0 aliphatic heterocycles. The zero-order chi connectivity index (χ0) is 24.5. The van der Waals surface area contributed by atoms with Gasteiger partial charge < -0.3 is 5.11 Å². The molecule has 0 saturated heterocycles. The molecule has 176 valence electrons. The van der Waals surface area contributed by atoms with Crippen molar-refractivity contribution in [3.8, 4) is 0 Å². The van der Waals surface area contributed by atoms with E-state index in [4.69, 9.17) is 0 Å². The third-order valence-electron chi connectivity index (χ3n) is 3.10. The van der Waals surface area contributed by atoms with E-state index in [0.717, 1.165) is 0 Å². The van der Waals surface area contributed by atoms with Crippen LogP contribution in [0.5, 0.6) is 0 Å². The molecule has 1 N–H and O–H groups in total. The lowest BCUT2D eigenvalue weighted by Gasteiger charge is -2.58. The third-order valence-corrected chi connectivity index (χ3v) is 64.8. The summed E-state index contributed by atoms with van der Waals surface area (Å²) < 4.78 is -2.26. The summed E-state index contributed by atoms with van der Waals surface area (Å²) in [6.07, 6.45) is 0. The first-order valence-electron chi connectivity index (χ1n) is 5.81. The average molecular weight is 2540 g/mol. The lowest BCUT2D eigenvalue weighted by molar-refractivity contribution is 0.257. The van der Waals surface area contributed by atoms with E-state index >= 15 is 0 Å². The van der Waals surface area contributed by atoms with Crippen molar-refractivity contribution < 1.29 is 5.11 Å². The molecule has 0 spiro atoms. The van der Waals surface area contributed by atoms with Gasteiger partial charge in [-0.3, -0.25) is 0 Å². The summed E-state index contributed by atoms with van der Waals surface area (Å²) in [6.45, 7) is 0. The zero-order valence-corrected chi connectivity index (χ0v) is 53.1. The number of rotatable bonds is 8. The molecule has 1 nitrogen and oxygen atoms in total. The zero-order valence-electron chi connectivity index (χ0n) is 12.1. The Balaban J connectivity index is 6.82. The van der Waals surface area contributed by atoms with Gasteiger partial charge in [0.1, 0.15) is 9.43 Å². The van der Waals surface area contributed by atoms with Crippen molar-refractivity contribution in [2.75, 3.05) is 0 Å². The van der Waals surface area contributed by atoms with Gasteiger partial charge in [-0.1, -0.05) is 384 Å². The topological polar surface area (TPSA) is 20.2 Å². The molecule has 0 rings (SSSR count). The quantitative estimate of drug-likeness (QED) is 0.190. The molecule has 0 heterocycles. The fourth-order valence-corrected chi connectivity index (χ4v) is 28.5. The molecule has 29 heavy (non-hydrogen) atoms. The number of aliphatic hydroxyl groups is 1. The van der Waals surface area contributed by atoms with Gasteiger partial charge >= 0.3 is 0 Å². The second kappa shape index (κ2) is 15.2. The van der Waals surface area contributed by atoms with Crippen LogP contribution in [0.3, 0.4) is 0 Å². The van der Waals surface area contributed by atoms with Crippen LogP contribution in [0, 0.1) is 0 Å². The highest BCUT2D eigenvalue weighted by Crippen LogP contribution is 2.80. The van der Waals surface area contributed by atoms with Gasteiger partial charge in [-0.15, -0.1) is 0 Å². The van der Waals surface area contributed by atoms with Gasteiger partial charge in [-0.2, -0.15) is 0 Å². The highest BCUT2D eigenvalue weighted by atomic mass is 127. The van der Waals surface area contributed by atoms with Crippen LogP contribution in [0.1, 0.15) is 0 Å². The van der Waals surface area contributed by atoms with Crippen molar-refractivity contribution in [3.05, 3.63) is 0 Å². The third kappa shape index (κ3) is 9.01. The average Bonchev–Trinajstić information content (AvgIpc) is 2.43. The fourth-order valence-electron chi connectivity index (χ4n) is 1.35. The summed E-state index contributed by atoms with van der Waals surface area (Å²) in [7, 11) is 0. The van der Waals surface area contributed by atoms with Crippen LogP contribution in [0.2, 0.25) is 0 Å². The maximum absolute atomic E-state index is 11.0. The molecule has 0 aromatic carbocycles. The standard InChI is InChI=1S/C9HI19O/c10-1(11,2(12,13)4(16,17)6(20,21)8(24,25)26)3(14,15)5(18,19)7(22,23)9(27,28)29/h29H. The summed E-state index contributed by atoms with van der Waals surface area (Å²) in [6, 6.07) is 0. The maximum Gasteiger partial charge on any atom is 0.192 e. The SMILES string of the molecule is OC(I)(I)C(I)(I)C(I)(I)C(I)(I)C(I)(I)C(I)(I)C(I)(I)C(I)(I)C(I)(I)I. The predicted molar refractivity (Wildman–Crippen MR) is 293 cm³/mol. The van der Waals surface area contributed by atoms with Gasteiger partial charge in [0.05, 0.1) is 0 Å². The number of hydrogen-bond acceptors (Lipinski definition) is 1. The van der Waals surface area contributed by atoms with Crippen molar-refractivity contribution in [3.63, 3.8) is 0 Å². The largest absolute Gasteiger partial charge is 0.369 e. The van der Waals surface area contributed by atoms with Crippen molar-refractivity contribution in [1.82, 2.24) is 0 Å². The predicted octanol–water partition coefficient (Wildman–Crippen LogP) is 14.4. The van der Waals surface area contributed by atoms with Crippen molar-refractivity contribution >= 4 is 429 Å². The van der Waals surface area contributed by atoms with Crippen LogP contribution in [0.4, 0.5) is 0 Å². The maximum atomic E-state index is 11.0. The molecule has 0 aromatic heterocycles. The van der Waals surface area contributed by atoms with Gasteiger partial charge in [0, 0.05) is 0 Å². The number of halogens is 19. The molecule has 0 unspecified atom stereocenters. The minimum Gasteiger partial charge on any atom is -0.369 e. The monoisotopic (exact) mass is 2540 g/mol. The van der Waals surface area contributed by atoms with Crippen LogP contribution < -0.4 is 0 Å². The molecule has 0 amide bonds. The van der Waals surface area contributed by atoms with Crippen molar-refractivity contribution in [2.24, 2.45) is 0 Å². The van der Waals surface area contributed by atoms with Gasteiger partial charge in [0.15, 0.2) is 1.61 Å². The first kappa shape index (κ1) is 42.8. The molecule has 0 atom stereocenters. The highest BCUT2D eigenvalue weighted by Gasteiger charge is 2.78. The van der Waals surface area contributed by atoms with Crippen LogP contribution in [0.25, 0.3) is 0 Å². The highest BCUT2D eigenvalue weighted by molar-refractivity contribution is 14.3. The molecule has 0 saturated carbocycles. The molecule has 20 heteroatoms. The Bertz CT molecular complexity index is 554. The van der Waals surface area contributed by atoms with E-state index in [1.54, 1.807) is 0 Å². The molecule has 0 aliphatic rings.